The van der Waals surface area contributed by atoms with Crippen LogP contribution in [0, 0.1) is 5.92 Å². The molecule has 0 spiro atoms. The predicted octanol–water partition coefficient (Wildman–Crippen LogP) is 1.29. The van der Waals surface area contributed by atoms with E-state index in [0.29, 0.717) is 0 Å². The van der Waals surface area contributed by atoms with Crippen molar-refractivity contribution in [1.29, 1.82) is 0 Å². The second kappa shape index (κ2) is 9.18. The second-order valence-corrected chi connectivity index (χ2v) is 4.30. The first kappa shape index (κ1) is 17.2. The van der Waals surface area contributed by atoms with Crippen molar-refractivity contribution in [2.45, 2.75) is 33.8 Å². The Morgan fingerprint density at radius 1 is 0.842 bits per heavy atom. The van der Waals surface area contributed by atoms with Crippen LogP contribution in [0.5, 0.6) is 0 Å². The molecule has 0 rings (SSSR count). The van der Waals surface area contributed by atoms with Crippen LogP contribution < -0.4 is 0 Å². The summed E-state index contributed by atoms with van der Waals surface area (Å²) < 4.78 is 19.0. The van der Waals surface area contributed by atoms with Gasteiger partial charge in [0.1, 0.15) is 13.2 Å². The van der Waals surface area contributed by atoms with E-state index >= 15 is 0 Å². The zero-order valence-electron chi connectivity index (χ0n) is 11.6. The average Bonchev–Trinajstić information content (AvgIpc) is 2.29. The number of hydrogen-bond donors (Lipinski definition) is 0. The van der Waals surface area contributed by atoms with Gasteiger partial charge in [-0.2, -0.15) is 0 Å². The van der Waals surface area contributed by atoms with Gasteiger partial charge in [-0.1, -0.05) is 13.8 Å². The predicted molar refractivity (Wildman–Crippen MR) is 64.3 cm³/mol. The molecular weight excluding hydrogens is 256 g/mol. The molecule has 0 aromatic carbocycles. The fourth-order valence-electron chi connectivity index (χ4n) is 0.999. The minimum Gasteiger partial charge on any atom is -0.462 e. The summed E-state index contributed by atoms with van der Waals surface area (Å²) in [5, 5.41) is 0. The third-order valence-corrected chi connectivity index (χ3v) is 1.73. The SMILES string of the molecule is CC(=O)OCC(COC(=O)OCC(C)C)OC(C)=O. The Labute approximate surface area is 112 Å². The molecule has 0 aliphatic rings. The minimum atomic E-state index is -0.853. The Morgan fingerprint density at radius 2 is 1.37 bits per heavy atom. The highest BCUT2D eigenvalue weighted by atomic mass is 16.7. The third kappa shape index (κ3) is 11.1. The largest absolute Gasteiger partial charge is 0.508 e. The van der Waals surface area contributed by atoms with E-state index < -0.39 is 24.2 Å². The molecule has 0 aromatic rings. The van der Waals surface area contributed by atoms with Crippen LogP contribution in [0.3, 0.4) is 0 Å². The molecule has 0 amide bonds. The van der Waals surface area contributed by atoms with Crippen LogP contribution >= 0.6 is 0 Å². The highest BCUT2D eigenvalue weighted by Gasteiger charge is 2.17. The molecule has 0 N–H and O–H groups in total. The molecule has 1 unspecified atom stereocenters. The number of rotatable bonds is 7. The molecule has 0 fully saturated rings. The number of hydrogen-bond acceptors (Lipinski definition) is 7. The molecule has 0 aliphatic carbocycles. The first-order chi connectivity index (χ1) is 8.81. The number of carbonyl (C=O) groups excluding carboxylic acids is 3. The van der Waals surface area contributed by atoms with Gasteiger partial charge in [0.05, 0.1) is 6.61 Å². The summed E-state index contributed by atoms with van der Waals surface area (Å²) in [4.78, 5) is 32.7. The molecule has 0 saturated heterocycles. The maximum Gasteiger partial charge on any atom is 0.508 e. The van der Waals surface area contributed by atoms with Crippen molar-refractivity contribution in [2.75, 3.05) is 19.8 Å². The monoisotopic (exact) mass is 276 g/mol. The zero-order chi connectivity index (χ0) is 14.8. The van der Waals surface area contributed by atoms with Gasteiger partial charge in [0.25, 0.3) is 0 Å². The van der Waals surface area contributed by atoms with Crippen molar-refractivity contribution in [3.05, 3.63) is 0 Å². The lowest BCUT2D eigenvalue weighted by atomic mass is 10.2. The van der Waals surface area contributed by atoms with Gasteiger partial charge in [0.15, 0.2) is 6.10 Å². The highest BCUT2D eigenvalue weighted by molar-refractivity contribution is 5.67. The quantitative estimate of drug-likeness (QED) is 0.511. The van der Waals surface area contributed by atoms with Crippen LogP contribution in [0.2, 0.25) is 0 Å². The highest BCUT2D eigenvalue weighted by Crippen LogP contribution is 2.00. The summed E-state index contributed by atoms with van der Waals surface area (Å²) in [6, 6.07) is 0. The van der Waals surface area contributed by atoms with Gasteiger partial charge >= 0.3 is 18.1 Å². The first-order valence-electron chi connectivity index (χ1n) is 5.91. The number of esters is 2. The molecule has 0 aliphatic heterocycles. The van der Waals surface area contributed by atoms with Crippen molar-refractivity contribution in [2.24, 2.45) is 5.92 Å². The second-order valence-electron chi connectivity index (χ2n) is 4.30. The molecule has 19 heavy (non-hydrogen) atoms. The molecule has 7 heteroatoms. The van der Waals surface area contributed by atoms with Crippen LogP contribution in [-0.4, -0.2) is 44.0 Å². The molecule has 1 atom stereocenters. The van der Waals surface area contributed by atoms with Crippen LogP contribution in [0.15, 0.2) is 0 Å². The zero-order valence-corrected chi connectivity index (χ0v) is 11.6. The van der Waals surface area contributed by atoms with Gasteiger partial charge < -0.3 is 18.9 Å². The van der Waals surface area contributed by atoms with E-state index in [2.05, 4.69) is 4.74 Å². The standard InChI is InChI=1S/C12H20O7/c1-8(2)5-17-12(15)18-7-11(19-10(4)14)6-16-9(3)13/h8,11H,5-7H2,1-4H3. The van der Waals surface area contributed by atoms with E-state index in [-0.39, 0.29) is 25.7 Å². The Bertz CT molecular complexity index is 311. The Hall–Kier alpha value is -1.79. The summed E-state index contributed by atoms with van der Waals surface area (Å²) in [6.07, 6.45) is -1.69. The lowest BCUT2D eigenvalue weighted by molar-refractivity contribution is -0.159. The molecule has 0 saturated carbocycles. The number of ether oxygens (including phenoxy) is 4. The average molecular weight is 276 g/mol. The molecule has 7 nitrogen and oxygen atoms in total. The summed E-state index contributed by atoms with van der Waals surface area (Å²) in [5.41, 5.74) is 0. The van der Waals surface area contributed by atoms with Gasteiger partial charge in [-0.05, 0) is 5.92 Å². The summed E-state index contributed by atoms with van der Waals surface area (Å²) in [6.45, 7) is 6.03. The van der Waals surface area contributed by atoms with E-state index in [1.165, 1.54) is 13.8 Å². The molecule has 0 radical (unpaired) electrons. The molecule has 0 heterocycles. The maximum atomic E-state index is 11.2. The van der Waals surface area contributed by atoms with Gasteiger partial charge in [-0.15, -0.1) is 0 Å². The smallest absolute Gasteiger partial charge is 0.462 e. The first-order valence-corrected chi connectivity index (χ1v) is 5.91. The van der Waals surface area contributed by atoms with Crippen molar-refractivity contribution >= 4 is 18.1 Å². The lowest BCUT2D eigenvalue weighted by Crippen LogP contribution is -2.30. The van der Waals surface area contributed by atoms with Crippen molar-refractivity contribution < 1.29 is 33.3 Å². The molecular formula is C12H20O7. The fraction of sp³-hybridized carbons (Fsp3) is 0.750. The van der Waals surface area contributed by atoms with E-state index in [4.69, 9.17) is 14.2 Å². The number of carbonyl (C=O) groups is 3. The third-order valence-electron chi connectivity index (χ3n) is 1.73. The van der Waals surface area contributed by atoms with Gasteiger partial charge in [-0.25, -0.2) is 4.79 Å². The van der Waals surface area contributed by atoms with Crippen LogP contribution in [0.1, 0.15) is 27.7 Å². The van der Waals surface area contributed by atoms with E-state index in [0.717, 1.165) is 0 Å². The topological polar surface area (TPSA) is 88.1 Å². The Balaban J connectivity index is 4.06. The fourth-order valence-corrected chi connectivity index (χ4v) is 0.999. The van der Waals surface area contributed by atoms with Crippen LogP contribution in [-0.2, 0) is 28.5 Å². The van der Waals surface area contributed by atoms with Crippen LogP contribution in [0.4, 0.5) is 4.79 Å². The Kier molecular flexibility index (Phi) is 8.32. The van der Waals surface area contributed by atoms with E-state index in [1.54, 1.807) is 0 Å². The van der Waals surface area contributed by atoms with Crippen molar-refractivity contribution in [3.8, 4) is 0 Å². The summed E-state index contributed by atoms with van der Waals surface area (Å²) >= 11 is 0. The Morgan fingerprint density at radius 3 is 1.84 bits per heavy atom. The molecule has 0 aromatic heterocycles. The molecule has 110 valence electrons. The maximum absolute atomic E-state index is 11.2. The lowest BCUT2D eigenvalue weighted by Gasteiger charge is -2.16. The minimum absolute atomic E-state index is 0.174. The van der Waals surface area contributed by atoms with Gasteiger partial charge in [0, 0.05) is 13.8 Å². The van der Waals surface area contributed by atoms with Crippen molar-refractivity contribution in [1.82, 2.24) is 0 Å². The normalized spacial score (nSPS) is 11.6. The van der Waals surface area contributed by atoms with E-state index in [1.807, 2.05) is 13.8 Å². The van der Waals surface area contributed by atoms with E-state index in [9.17, 15) is 14.4 Å². The van der Waals surface area contributed by atoms with Crippen molar-refractivity contribution in [3.63, 3.8) is 0 Å². The molecule has 0 bridgehead atoms. The summed E-state index contributed by atoms with van der Waals surface area (Å²) in [5.74, 6) is -0.881. The van der Waals surface area contributed by atoms with Gasteiger partial charge in [-0.3, -0.25) is 9.59 Å². The van der Waals surface area contributed by atoms with Gasteiger partial charge in [0.2, 0.25) is 0 Å². The van der Waals surface area contributed by atoms with Crippen LogP contribution in [0.25, 0.3) is 0 Å². The summed E-state index contributed by atoms with van der Waals surface area (Å²) in [7, 11) is 0.